The van der Waals surface area contributed by atoms with Crippen molar-refractivity contribution in [3.8, 4) is 11.1 Å². The molecule has 2 nitrogen and oxygen atoms in total. The van der Waals surface area contributed by atoms with E-state index in [9.17, 15) is 4.79 Å². The molecule has 0 atom stereocenters. The van der Waals surface area contributed by atoms with Crippen LogP contribution < -0.4 is 0 Å². The number of benzene rings is 2. The molecule has 0 amide bonds. The summed E-state index contributed by atoms with van der Waals surface area (Å²) in [6.45, 7) is 0. The lowest BCUT2D eigenvalue weighted by molar-refractivity contribution is 0.565. The third-order valence-electron chi connectivity index (χ3n) is 2.28. The Labute approximate surface area is 116 Å². The van der Waals surface area contributed by atoms with Crippen LogP contribution in [0.3, 0.4) is 0 Å². The minimum Gasteiger partial charge on any atom is -0.211 e. The van der Waals surface area contributed by atoms with E-state index in [2.05, 4.69) is 36.9 Å². The summed E-state index contributed by atoms with van der Waals surface area (Å²) in [6, 6.07) is 13.5. The summed E-state index contributed by atoms with van der Waals surface area (Å²) in [7, 11) is 0. The molecule has 0 aliphatic rings. The van der Waals surface area contributed by atoms with E-state index in [1.807, 2.05) is 36.4 Å². The number of hydrogen-bond acceptors (Lipinski definition) is 2. The average molecular weight is 353 g/mol. The van der Waals surface area contributed by atoms with Gasteiger partial charge in [-0.1, -0.05) is 50.1 Å². The summed E-state index contributed by atoms with van der Waals surface area (Å²) in [5, 5.41) is 0. The lowest BCUT2D eigenvalue weighted by Crippen LogP contribution is -1.79. The van der Waals surface area contributed by atoms with Gasteiger partial charge in [0.15, 0.2) is 0 Å². The van der Waals surface area contributed by atoms with Crippen molar-refractivity contribution in [2.45, 2.75) is 0 Å². The maximum absolute atomic E-state index is 10.4. The van der Waals surface area contributed by atoms with Gasteiger partial charge in [-0.25, -0.2) is 4.79 Å². The van der Waals surface area contributed by atoms with Crippen molar-refractivity contribution in [3.63, 3.8) is 0 Å². The van der Waals surface area contributed by atoms with E-state index in [0.29, 0.717) is 5.69 Å². The predicted octanol–water partition coefficient (Wildman–Crippen LogP) is 4.85. The molecule has 0 radical (unpaired) electrons. The maximum Gasteiger partial charge on any atom is 0.240 e. The summed E-state index contributed by atoms with van der Waals surface area (Å²) in [4.78, 5) is 14.1. The molecule has 2 rings (SSSR count). The molecule has 4 heteroatoms. The van der Waals surface area contributed by atoms with Crippen molar-refractivity contribution >= 4 is 43.6 Å². The molecule has 2 aromatic rings. The Bertz CT molecular complexity index is 587. The number of rotatable bonds is 2. The van der Waals surface area contributed by atoms with Gasteiger partial charge in [-0.15, -0.1) is 0 Å². The number of nitrogens with zero attached hydrogens (tertiary/aromatic N) is 1. The molecule has 0 saturated heterocycles. The second-order valence-electron chi connectivity index (χ2n) is 3.37. The first-order chi connectivity index (χ1) is 8.20. The minimum absolute atomic E-state index is 0.608. The van der Waals surface area contributed by atoms with E-state index in [4.69, 9.17) is 0 Å². The lowest BCUT2D eigenvalue weighted by Gasteiger charge is -2.05. The van der Waals surface area contributed by atoms with Crippen LogP contribution in [-0.4, -0.2) is 6.08 Å². The number of halogens is 2. The third-order valence-corrected chi connectivity index (χ3v) is 3.30. The summed E-state index contributed by atoms with van der Waals surface area (Å²) in [5.74, 6) is 0. The maximum atomic E-state index is 10.4. The molecule has 2 aromatic carbocycles. The highest BCUT2D eigenvalue weighted by atomic mass is 79.9. The van der Waals surface area contributed by atoms with Gasteiger partial charge in [0.1, 0.15) is 0 Å². The summed E-state index contributed by atoms with van der Waals surface area (Å²) < 4.78 is 1.89. The number of hydrogen-bond donors (Lipinski definition) is 0. The molecule has 0 spiro atoms. The van der Waals surface area contributed by atoms with Gasteiger partial charge in [-0.05, 0) is 29.8 Å². The quantitative estimate of drug-likeness (QED) is 0.561. The fourth-order valence-electron chi connectivity index (χ4n) is 1.52. The molecule has 0 bridgehead atoms. The first-order valence-electron chi connectivity index (χ1n) is 4.84. The van der Waals surface area contributed by atoms with Gasteiger partial charge in [0, 0.05) is 14.5 Å². The van der Waals surface area contributed by atoms with E-state index in [1.165, 1.54) is 0 Å². The Balaban J connectivity index is 2.58. The van der Waals surface area contributed by atoms with Gasteiger partial charge in [0.25, 0.3) is 0 Å². The summed E-state index contributed by atoms with van der Waals surface area (Å²) in [5.41, 5.74) is 2.52. The van der Waals surface area contributed by atoms with E-state index < -0.39 is 0 Å². The van der Waals surface area contributed by atoms with Crippen LogP contribution in [0, 0.1) is 0 Å². The molecule has 0 saturated carbocycles. The van der Waals surface area contributed by atoms with Crippen molar-refractivity contribution in [2.75, 3.05) is 0 Å². The monoisotopic (exact) mass is 351 g/mol. The second kappa shape index (κ2) is 5.41. The Kier molecular flexibility index (Phi) is 3.89. The summed E-state index contributed by atoms with van der Waals surface area (Å²) >= 11 is 6.74. The van der Waals surface area contributed by atoms with Crippen LogP contribution in [0.5, 0.6) is 0 Å². The highest BCUT2D eigenvalue weighted by Crippen LogP contribution is 2.33. The van der Waals surface area contributed by atoms with E-state index in [0.717, 1.165) is 20.1 Å². The highest BCUT2D eigenvalue weighted by molar-refractivity contribution is 9.10. The lowest BCUT2D eigenvalue weighted by atomic mass is 10.0. The molecule has 0 unspecified atom stereocenters. The molecular weight excluding hydrogens is 346 g/mol. The number of carbonyl (C=O) groups excluding carboxylic acids is 1. The second-order valence-corrected chi connectivity index (χ2v) is 5.20. The van der Waals surface area contributed by atoms with Crippen LogP contribution in [0.2, 0.25) is 0 Å². The molecular formula is C13H7Br2NO. The molecule has 17 heavy (non-hydrogen) atoms. The van der Waals surface area contributed by atoms with E-state index >= 15 is 0 Å². The molecule has 0 aromatic heterocycles. The largest absolute Gasteiger partial charge is 0.240 e. The van der Waals surface area contributed by atoms with Crippen LogP contribution in [0.25, 0.3) is 11.1 Å². The van der Waals surface area contributed by atoms with Crippen LogP contribution in [0.4, 0.5) is 5.69 Å². The summed E-state index contributed by atoms with van der Waals surface area (Å²) in [6.07, 6.45) is 1.58. The molecule has 0 aliphatic carbocycles. The van der Waals surface area contributed by atoms with Crippen molar-refractivity contribution in [2.24, 2.45) is 4.99 Å². The predicted molar refractivity (Wildman–Crippen MR) is 75.1 cm³/mol. The Morgan fingerprint density at radius 1 is 0.941 bits per heavy atom. The average Bonchev–Trinajstić information content (AvgIpc) is 2.31. The zero-order valence-corrected chi connectivity index (χ0v) is 11.8. The third kappa shape index (κ3) is 2.91. The SMILES string of the molecule is O=C=Nc1cc(Br)ccc1-c1ccc(Br)cc1. The van der Waals surface area contributed by atoms with Gasteiger partial charge >= 0.3 is 0 Å². The Hall–Kier alpha value is -1.22. The van der Waals surface area contributed by atoms with Gasteiger partial charge in [-0.3, -0.25) is 0 Å². The van der Waals surface area contributed by atoms with Gasteiger partial charge in [0.05, 0.1) is 5.69 Å². The minimum atomic E-state index is 0.608. The van der Waals surface area contributed by atoms with Crippen LogP contribution >= 0.6 is 31.9 Å². The zero-order valence-electron chi connectivity index (χ0n) is 8.65. The van der Waals surface area contributed by atoms with Crippen molar-refractivity contribution in [3.05, 3.63) is 51.4 Å². The van der Waals surface area contributed by atoms with Crippen molar-refractivity contribution < 1.29 is 4.79 Å². The molecule has 0 fully saturated rings. The van der Waals surface area contributed by atoms with E-state index in [-0.39, 0.29) is 0 Å². The smallest absolute Gasteiger partial charge is 0.211 e. The topological polar surface area (TPSA) is 29.4 Å². The van der Waals surface area contributed by atoms with Crippen LogP contribution in [0.1, 0.15) is 0 Å². The molecule has 0 aliphatic heterocycles. The fourth-order valence-corrected chi connectivity index (χ4v) is 2.13. The van der Waals surface area contributed by atoms with E-state index in [1.54, 1.807) is 12.1 Å². The zero-order chi connectivity index (χ0) is 12.3. The van der Waals surface area contributed by atoms with Gasteiger partial charge in [-0.2, -0.15) is 4.99 Å². The number of isocyanates is 1. The Morgan fingerprint density at radius 2 is 1.59 bits per heavy atom. The molecule has 0 heterocycles. The highest BCUT2D eigenvalue weighted by Gasteiger charge is 2.05. The Morgan fingerprint density at radius 3 is 2.24 bits per heavy atom. The molecule has 0 N–H and O–H groups in total. The first-order valence-corrected chi connectivity index (χ1v) is 6.42. The normalized spacial score (nSPS) is 9.76. The van der Waals surface area contributed by atoms with Gasteiger partial charge in [0.2, 0.25) is 6.08 Å². The first kappa shape index (κ1) is 12.2. The molecule has 84 valence electrons. The van der Waals surface area contributed by atoms with Crippen molar-refractivity contribution in [1.82, 2.24) is 0 Å². The van der Waals surface area contributed by atoms with Gasteiger partial charge < -0.3 is 0 Å². The standard InChI is InChI=1S/C13H7Br2NO/c14-10-3-1-9(2-4-10)12-6-5-11(15)7-13(12)16-8-17/h1-7H. The number of aliphatic imine (C=N–C) groups is 1. The van der Waals surface area contributed by atoms with Crippen LogP contribution in [0.15, 0.2) is 56.4 Å². The van der Waals surface area contributed by atoms with Crippen molar-refractivity contribution in [1.29, 1.82) is 0 Å². The fraction of sp³-hybridized carbons (Fsp3) is 0. The van der Waals surface area contributed by atoms with Crippen LogP contribution in [-0.2, 0) is 4.79 Å².